The van der Waals surface area contributed by atoms with Crippen LogP contribution in [0.4, 0.5) is 0 Å². The third-order valence-electron chi connectivity index (χ3n) is 2.77. The number of hydrogen-bond donors (Lipinski definition) is 2. The van der Waals surface area contributed by atoms with E-state index >= 15 is 0 Å². The molecule has 0 radical (unpaired) electrons. The van der Waals surface area contributed by atoms with Crippen LogP contribution in [0, 0.1) is 0 Å². The van der Waals surface area contributed by atoms with Crippen molar-refractivity contribution in [3.05, 3.63) is 34.3 Å². The van der Waals surface area contributed by atoms with Crippen molar-refractivity contribution in [2.75, 3.05) is 7.05 Å². The molecule has 16 heavy (non-hydrogen) atoms. The Labute approximate surface area is 93.7 Å². The van der Waals surface area contributed by atoms with Crippen LogP contribution in [0.2, 0.25) is 0 Å². The molecule has 0 fully saturated rings. The molecular weight excluding hydrogens is 204 g/mol. The molecular formula is C12H16N2O2. The van der Waals surface area contributed by atoms with E-state index in [0.29, 0.717) is 11.6 Å². The molecule has 0 spiro atoms. The van der Waals surface area contributed by atoms with E-state index < -0.39 is 5.76 Å². The van der Waals surface area contributed by atoms with Crippen LogP contribution in [0.1, 0.15) is 31.4 Å². The molecule has 1 unspecified atom stereocenters. The molecule has 86 valence electrons. The standard InChI is InChI=1S/C12H16N2O2/c1-3-4-9(13-2)8-5-6-10-11(7-8)16-12(15)14-10/h5-7,9,13H,3-4H2,1-2H3,(H,14,15). The highest BCUT2D eigenvalue weighted by atomic mass is 16.4. The fourth-order valence-electron chi connectivity index (χ4n) is 1.95. The number of benzene rings is 1. The van der Waals surface area contributed by atoms with Crippen LogP contribution >= 0.6 is 0 Å². The third-order valence-corrected chi connectivity index (χ3v) is 2.77. The fraction of sp³-hybridized carbons (Fsp3) is 0.417. The van der Waals surface area contributed by atoms with Gasteiger partial charge in [-0.3, -0.25) is 4.98 Å². The number of H-pyrrole nitrogens is 1. The summed E-state index contributed by atoms with van der Waals surface area (Å²) in [5.74, 6) is -0.399. The van der Waals surface area contributed by atoms with Gasteiger partial charge in [-0.05, 0) is 31.2 Å². The average Bonchev–Trinajstić information content (AvgIpc) is 2.64. The van der Waals surface area contributed by atoms with Gasteiger partial charge in [-0.2, -0.15) is 0 Å². The lowest BCUT2D eigenvalue weighted by atomic mass is 10.0. The summed E-state index contributed by atoms with van der Waals surface area (Å²) in [7, 11) is 1.94. The van der Waals surface area contributed by atoms with Crippen LogP contribution < -0.4 is 11.1 Å². The van der Waals surface area contributed by atoms with Crippen LogP contribution in [0.15, 0.2) is 27.4 Å². The smallest absolute Gasteiger partial charge is 0.408 e. The quantitative estimate of drug-likeness (QED) is 0.830. The predicted octanol–water partition coefficient (Wildman–Crippen LogP) is 2.18. The summed E-state index contributed by atoms with van der Waals surface area (Å²) < 4.78 is 5.04. The van der Waals surface area contributed by atoms with E-state index in [4.69, 9.17) is 4.42 Å². The van der Waals surface area contributed by atoms with Crippen LogP contribution in [-0.2, 0) is 0 Å². The van der Waals surface area contributed by atoms with E-state index in [2.05, 4.69) is 17.2 Å². The fourth-order valence-corrected chi connectivity index (χ4v) is 1.95. The van der Waals surface area contributed by atoms with Crippen molar-refractivity contribution < 1.29 is 4.42 Å². The van der Waals surface area contributed by atoms with Crippen molar-refractivity contribution >= 4 is 11.1 Å². The Morgan fingerprint density at radius 2 is 2.31 bits per heavy atom. The molecule has 1 aromatic carbocycles. The molecule has 0 saturated carbocycles. The highest BCUT2D eigenvalue weighted by molar-refractivity contribution is 5.72. The zero-order valence-corrected chi connectivity index (χ0v) is 9.54. The first-order chi connectivity index (χ1) is 7.74. The van der Waals surface area contributed by atoms with E-state index in [1.165, 1.54) is 0 Å². The van der Waals surface area contributed by atoms with Crippen molar-refractivity contribution in [3.63, 3.8) is 0 Å². The molecule has 4 heteroatoms. The molecule has 1 aromatic heterocycles. The van der Waals surface area contributed by atoms with E-state index in [1.807, 2.05) is 25.2 Å². The van der Waals surface area contributed by atoms with Crippen LogP contribution in [-0.4, -0.2) is 12.0 Å². The minimum absolute atomic E-state index is 0.314. The van der Waals surface area contributed by atoms with Gasteiger partial charge in [0.2, 0.25) is 0 Å². The summed E-state index contributed by atoms with van der Waals surface area (Å²) in [6.45, 7) is 2.15. The van der Waals surface area contributed by atoms with E-state index in [-0.39, 0.29) is 0 Å². The summed E-state index contributed by atoms with van der Waals surface area (Å²) in [4.78, 5) is 13.7. The third kappa shape index (κ3) is 2.02. The molecule has 0 bridgehead atoms. The number of rotatable bonds is 4. The molecule has 1 atom stereocenters. The second-order valence-corrected chi connectivity index (χ2v) is 3.90. The van der Waals surface area contributed by atoms with Gasteiger partial charge < -0.3 is 9.73 Å². The van der Waals surface area contributed by atoms with Gasteiger partial charge in [0.05, 0.1) is 5.52 Å². The average molecular weight is 220 g/mol. The normalized spacial score (nSPS) is 13.1. The van der Waals surface area contributed by atoms with Crippen LogP contribution in [0.3, 0.4) is 0 Å². The van der Waals surface area contributed by atoms with Gasteiger partial charge in [-0.25, -0.2) is 4.79 Å². The van der Waals surface area contributed by atoms with Gasteiger partial charge >= 0.3 is 5.76 Å². The minimum Gasteiger partial charge on any atom is -0.408 e. The van der Waals surface area contributed by atoms with Crippen molar-refractivity contribution in [2.45, 2.75) is 25.8 Å². The highest BCUT2D eigenvalue weighted by Gasteiger charge is 2.10. The summed E-state index contributed by atoms with van der Waals surface area (Å²) in [5, 5.41) is 3.26. The van der Waals surface area contributed by atoms with Gasteiger partial charge in [0.15, 0.2) is 5.58 Å². The molecule has 0 aliphatic carbocycles. The number of aromatic nitrogens is 1. The lowest BCUT2D eigenvalue weighted by Crippen LogP contribution is -2.15. The SMILES string of the molecule is CCCC(NC)c1ccc2[nH]c(=O)oc2c1. The van der Waals surface area contributed by atoms with Crippen LogP contribution in [0.5, 0.6) is 0 Å². The van der Waals surface area contributed by atoms with Crippen molar-refractivity contribution in [1.29, 1.82) is 0 Å². The molecule has 0 aliphatic heterocycles. The monoisotopic (exact) mass is 220 g/mol. The molecule has 0 aliphatic rings. The van der Waals surface area contributed by atoms with Crippen LogP contribution in [0.25, 0.3) is 11.1 Å². The molecule has 2 aromatic rings. The number of hydrogen-bond acceptors (Lipinski definition) is 3. The van der Waals surface area contributed by atoms with E-state index in [1.54, 1.807) is 0 Å². The van der Waals surface area contributed by atoms with Gasteiger partial charge in [-0.15, -0.1) is 0 Å². The Balaban J connectivity index is 2.40. The summed E-state index contributed by atoms with van der Waals surface area (Å²) in [6.07, 6.45) is 2.18. The van der Waals surface area contributed by atoms with E-state index in [9.17, 15) is 4.79 Å². The summed E-state index contributed by atoms with van der Waals surface area (Å²) in [6, 6.07) is 6.14. The molecule has 2 rings (SSSR count). The predicted molar refractivity (Wildman–Crippen MR) is 63.5 cm³/mol. The Hall–Kier alpha value is -1.55. The summed E-state index contributed by atoms with van der Waals surface area (Å²) >= 11 is 0. The Kier molecular flexibility index (Phi) is 3.10. The first-order valence-electron chi connectivity index (χ1n) is 5.54. The number of nitrogens with one attached hydrogen (secondary N) is 2. The number of fused-ring (bicyclic) bond motifs is 1. The lowest BCUT2D eigenvalue weighted by molar-refractivity contribution is 0.535. The Bertz CT molecular complexity index is 527. The van der Waals surface area contributed by atoms with Crippen molar-refractivity contribution in [1.82, 2.24) is 10.3 Å². The van der Waals surface area contributed by atoms with E-state index in [0.717, 1.165) is 23.9 Å². The van der Waals surface area contributed by atoms with Crippen molar-refractivity contribution in [2.24, 2.45) is 0 Å². The molecule has 2 N–H and O–H groups in total. The highest BCUT2D eigenvalue weighted by Crippen LogP contribution is 2.21. The first-order valence-corrected chi connectivity index (χ1v) is 5.54. The molecule has 0 amide bonds. The Morgan fingerprint density at radius 1 is 1.50 bits per heavy atom. The topological polar surface area (TPSA) is 58.0 Å². The Morgan fingerprint density at radius 3 is 3.00 bits per heavy atom. The number of aromatic amines is 1. The minimum atomic E-state index is -0.399. The maximum Gasteiger partial charge on any atom is 0.417 e. The summed E-state index contributed by atoms with van der Waals surface area (Å²) in [5.41, 5.74) is 2.53. The number of oxazole rings is 1. The second-order valence-electron chi connectivity index (χ2n) is 3.90. The zero-order valence-electron chi connectivity index (χ0n) is 9.54. The van der Waals surface area contributed by atoms with Gasteiger partial charge in [0.1, 0.15) is 0 Å². The maximum atomic E-state index is 11.0. The van der Waals surface area contributed by atoms with Crippen molar-refractivity contribution in [3.8, 4) is 0 Å². The van der Waals surface area contributed by atoms with Gasteiger partial charge in [-0.1, -0.05) is 19.4 Å². The molecule has 0 saturated heterocycles. The maximum absolute atomic E-state index is 11.0. The molecule has 1 heterocycles. The lowest BCUT2D eigenvalue weighted by Gasteiger charge is -2.15. The van der Waals surface area contributed by atoms with Gasteiger partial charge in [0, 0.05) is 6.04 Å². The molecule has 4 nitrogen and oxygen atoms in total. The second kappa shape index (κ2) is 4.53. The largest absolute Gasteiger partial charge is 0.417 e. The first kappa shape index (κ1) is 11.0. The van der Waals surface area contributed by atoms with Gasteiger partial charge in [0.25, 0.3) is 0 Å². The zero-order chi connectivity index (χ0) is 11.5.